The fourth-order valence-electron chi connectivity index (χ4n) is 2.74. The lowest BCUT2D eigenvalue weighted by Crippen LogP contribution is -2.48. The van der Waals surface area contributed by atoms with Crippen LogP contribution in [0.15, 0.2) is 6.07 Å². The monoisotopic (exact) mass is 259 g/mol. The van der Waals surface area contributed by atoms with Gasteiger partial charge in [0.25, 0.3) is 0 Å². The van der Waals surface area contributed by atoms with Crippen LogP contribution in [0.4, 0.5) is 5.82 Å². The normalized spacial score (nSPS) is 23.2. The first-order valence-corrected chi connectivity index (χ1v) is 6.67. The van der Waals surface area contributed by atoms with E-state index in [1.807, 2.05) is 19.9 Å². The molecule has 1 unspecified atom stereocenters. The smallest absolute Gasteiger partial charge is 0.147 e. The van der Waals surface area contributed by atoms with E-state index in [-0.39, 0.29) is 5.60 Å². The summed E-state index contributed by atoms with van der Waals surface area (Å²) in [4.78, 5) is 6.76. The Morgan fingerprint density at radius 1 is 1.47 bits per heavy atom. The van der Waals surface area contributed by atoms with Crippen molar-refractivity contribution in [3.63, 3.8) is 0 Å². The van der Waals surface area contributed by atoms with Gasteiger partial charge >= 0.3 is 0 Å². The van der Waals surface area contributed by atoms with E-state index >= 15 is 0 Å². The van der Waals surface area contributed by atoms with Crippen LogP contribution < -0.4 is 4.90 Å². The van der Waals surface area contributed by atoms with Crippen LogP contribution in [0.2, 0.25) is 0 Å². The van der Waals surface area contributed by atoms with Crippen molar-refractivity contribution in [1.29, 1.82) is 5.26 Å². The number of hydrogen-bond acceptors (Lipinski definition) is 4. The van der Waals surface area contributed by atoms with Gasteiger partial charge in [-0.05, 0) is 45.2 Å². The summed E-state index contributed by atoms with van der Waals surface area (Å²) in [5.41, 5.74) is 2.49. The van der Waals surface area contributed by atoms with Gasteiger partial charge in [-0.2, -0.15) is 5.26 Å². The fourth-order valence-corrected chi connectivity index (χ4v) is 2.74. The number of pyridine rings is 1. The number of nitriles is 1. The molecule has 1 aromatic rings. The van der Waals surface area contributed by atoms with Crippen molar-refractivity contribution in [3.8, 4) is 6.07 Å². The minimum atomic E-state index is -0.149. The molecule has 2 heterocycles. The molecule has 4 heteroatoms. The van der Waals surface area contributed by atoms with Crippen LogP contribution in [-0.2, 0) is 4.74 Å². The molecular weight excluding hydrogens is 238 g/mol. The second-order valence-corrected chi connectivity index (χ2v) is 5.57. The SMILES string of the molecule is COC1(C)CCCN(c2nc(C)cc(C)c2C#N)C1. The van der Waals surface area contributed by atoms with Gasteiger partial charge in [0.05, 0.1) is 11.2 Å². The van der Waals surface area contributed by atoms with Gasteiger partial charge in [-0.3, -0.25) is 0 Å². The molecule has 19 heavy (non-hydrogen) atoms. The third-order valence-corrected chi connectivity index (χ3v) is 3.89. The van der Waals surface area contributed by atoms with Crippen LogP contribution in [0.3, 0.4) is 0 Å². The predicted octanol–water partition coefficient (Wildman–Crippen LogP) is 2.58. The average molecular weight is 259 g/mol. The highest BCUT2D eigenvalue weighted by atomic mass is 16.5. The topological polar surface area (TPSA) is 49.1 Å². The Morgan fingerprint density at radius 3 is 2.84 bits per heavy atom. The molecule has 0 aromatic carbocycles. The van der Waals surface area contributed by atoms with Gasteiger partial charge < -0.3 is 9.64 Å². The third kappa shape index (κ3) is 2.71. The Morgan fingerprint density at radius 2 is 2.21 bits per heavy atom. The summed E-state index contributed by atoms with van der Waals surface area (Å²) in [7, 11) is 1.75. The summed E-state index contributed by atoms with van der Waals surface area (Å²) in [6.07, 6.45) is 2.11. The zero-order valence-electron chi connectivity index (χ0n) is 12.2. The Bertz CT molecular complexity index is 521. The van der Waals surface area contributed by atoms with Crippen LogP contribution in [-0.4, -0.2) is 30.8 Å². The first-order chi connectivity index (χ1) is 8.99. The van der Waals surface area contributed by atoms with E-state index in [2.05, 4.69) is 22.9 Å². The maximum Gasteiger partial charge on any atom is 0.147 e. The maximum absolute atomic E-state index is 9.36. The number of aryl methyl sites for hydroxylation is 2. The minimum absolute atomic E-state index is 0.149. The van der Waals surface area contributed by atoms with E-state index < -0.39 is 0 Å². The molecule has 2 rings (SSSR count). The van der Waals surface area contributed by atoms with Crippen molar-refractivity contribution in [3.05, 3.63) is 22.9 Å². The van der Waals surface area contributed by atoms with Crippen molar-refractivity contribution in [2.45, 2.75) is 39.2 Å². The summed E-state index contributed by atoms with van der Waals surface area (Å²) in [5.74, 6) is 0.808. The highest BCUT2D eigenvalue weighted by Gasteiger charge is 2.32. The lowest BCUT2D eigenvalue weighted by atomic mass is 9.94. The molecule has 1 fully saturated rings. The molecule has 0 aliphatic carbocycles. The molecule has 0 bridgehead atoms. The van der Waals surface area contributed by atoms with E-state index in [1.54, 1.807) is 7.11 Å². The highest BCUT2D eigenvalue weighted by molar-refractivity contribution is 5.58. The average Bonchev–Trinajstić information content (AvgIpc) is 2.38. The molecule has 1 saturated heterocycles. The fraction of sp³-hybridized carbons (Fsp3) is 0.600. The van der Waals surface area contributed by atoms with Crippen LogP contribution in [0.5, 0.6) is 0 Å². The highest BCUT2D eigenvalue weighted by Crippen LogP contribution is 2.30. The van der Waals surface area contributed by atoms with Crippen LogP contribution in [0.25, 0.3) is 0 Å². The van der Waals surface area contributed by atoms with Crippen LogP contribution >= 0.6 is 0 Å². The second-order valence-electron chi connectivity index (χ2n) is 5.57. The van der Waals surface area contributed by atoms with Gasteiger partial charge in [0.2, 0.25) is 0 Å². The molecule has 1 aromatic heterocycles. The first kappa shape index (κ1) is 13.8. The molecule has 102 valence electrons. The van der Waals surface area contributed by atoms with Crippen molar-refractivity contribution in [2.75, 3.05) is 25.1 Å². The summed E-state index contributed by atoms with van der Waals surface area (Å²) in [6, 6.07) is 4.25. The Kier molecular flexibility index (Phi) is 3.77. The Hall–Kier alpha value is -1.60. The molecule has 1 aliphatic heterocycles. The van der Waals surface area contributed by atoms with Gasteiger partial charge in [0.1, 0.15) is 11.9 Å². The number of rotatable bonds is 2. The number of anilines is 1. The zero-order valence-corrected chi connectivity index (χ0v) is 12.2. The lowest BCUT2D eigenvalue weighted by Gasteiger charge is -2.40. The van der Waals surface area contributed by atoms with Gasteiger partial charge in [0, 0.05) is 25.9 Å². The predicted molar refractivity (Wildman–Crippen MR) is 75.3 cm³/mol. The number of ether oxygens (including phenoxy) is 1. The standard InChI is InChI=1S/C15H21N3O/c1-11-8-12(2)17-14(13(11)9-16)18-7-5-6-15(3,10-18)19-4/h8H,5-7,10H2,1-4H3. The van der Waals surface area contributed by atoms with Crippen molar-refractivity contribution >= 4 is 5.82 Å². The first-order valence-electron chi connectivity index (χ1n) is 6.67. The zero-order chi connectivity index (χ0) is 14.0. The summed E-state index contributed by atoms with van der Waals surface area (Å²) in [5, 5.41) is 9.36. The van der Waals surface area contributed by atoms with E-state index in [0.29, 0.717) is 5.56 Å². The van der Waals surface area contributed by atoms with Crippen LogP contribution in [0, 0.1) is 25.2 Å². The van der Waals surface area contributed by atoms with Gasteiger partial charge in [0.15, 0.2) is 0 Å². The largest absolute Gasteiger partial charge is 0.377 e. The molecule has 0 amide bonds. The van der Waals surface area contributed by atoms with Gasteiger partial charge in [-0.25, -0.2) is 4.98 Å². The molecular formula is C15H21N3O. The van der Waals surface area contributed by atoms with Gasteiger partial charge in [-0.1, -0.05) is 0 Å². The maximum atomic E-state index is 9.36. The second kappa shape index (κ2) is 5.18. The quantitative estimate of drug-likeness (QED) is 0.819. The molecule has 4 nitrogen and oxygen atoms in total. The van der Waals surface area contributed by atoms with Crippen molar-refractivity contribution < 1.29 is 4.74 Å². The number of aromatic nitrogens is 1. The van der Waals surface area contributed by atoms with E-state index in [1.165, 1.54) is 0 Å². The Labute approximate surface area is 115 Å². The number of piperidine rings is 1. The van der Waals surface area contributed by atoms with Crippen LogP contribution in [0.1, 0.15) is 36.6 Å². The number of hydrogen-bond donors (Lipinski definition) is 0. The lowest BCUT2D eigenvalue weighted by molar-refractivity contribution is -0.00483. The minimum Gasteiger partial charge on any atom is -0.377 e. The summed E-state index contributed by atoms with van der Waals surface area (Å²) < 4.78 is 5.61. The van der Waals surface area contributed by atoms with E-state index in [9.17, 15) is 5.26 Å². The van der Waals surface area contributed by atoms with E-state index in [0.717, 1.165) is 43.0 Å². The van der Waals surface area contributed by atoms with Gasteiger partial charge in [-0.15, -0.1) is 0 Å². The Balaban J connectivity index is 2.39. The molecule has 0 spiro atoms. The molecule has 1 aliphatic rings. The molecule has 1 atom stereocenters. The van der Waals surface area contributed by atoms with Crippen molar-refractivity contribution in [1.82, 2.24) is 4.98 Å². The van der Waals surface area contributed by atoms with Crippen molar-refractivity contribution in [2.24, 2.45) is 0 Å². The summed E-state index contributed by atoms with van der Waals surface area (Å²) in [6.45, 7) is 7.78. The third-order valence-electron chi connectivity index (χ3n) is 3.89. The number of nitrogens with zero attached hydrogens (tertiary/aromatic N) is 3. The summed E-state index contributed by atoms with van der Waals surface area (Å²) >= 11 is 0. The van der Waals surface area contributed by atoms with E-state index in [4.69, 9.17) is 4.74 Å². The number of methoxy groups -OCH3 is 1. The molecule has 0 radical (unpaired) electrons. The molecule has 0 N–H and O–H groups in total. The molecule has 0 saturated carbocycles.